The molecule has 0 spiro atoms. The summed E-state index contributed by atoms with van der Waals surface area (Å²) >= 11 is 0. The van der Waals surface area contributed by atoms with Crippen LogP contribution in [0.5, 0.6) is 0 Å². The topological polar surface area (TPSA) is 67.4 Å². The van der Waals surface area contributed by atoms with Crippen LogP contribution in [0.3, 0.4) is 0 Å². The van der Waals surface area contributed by atoms with Crippen LogP contribution in [0.4, 0.5) is 32.0 Å². The standard InChI is InChI=1S/C16H18F6N2O3/c1-9(2)27-5-3-4-23-13(25)14(26)24-12-7-10(15(17,18)19)6-11(8-12)16(20,21)22/h6-9H,3-5H2,1-2H3,(H,23,25)(H,24,26). The number of carbonyl (C=O) groups excluding carboxylic acids is 2. The van der Waals surface area contributed by atoms with Crippen LogP contribution in [0.25, 0.3) is 0 Å². The molecule has 0 aromatic heterocycles. The number of carbonyl (C=O) groups is 2. The predicted octanol–water partition coefficient (Wildman–Crippen LogP) is 3.59. The Labute approximate surface area is 151 Å². The van der Waals surface area contributed by atoms with Gasteiger partial charge in [-0.25, -0.2) is 0 Å². The Balaban J connectivity index is 2.79. The van der Waals surface area contributed by atoms with Crippen LogP contribution < -0.4 is 10.6 Å². The van der Waals surface area contributed by atoms with Crippen molar-refractivity contribution in [2.24, 2.45) is 0 Å². The van der Waals surface area contributed by atoms with Crippen molar-refractivity contribution in [3.8, 4) is 0 Å². The molecule has 0 radical (unpaired) electrons. The van der Waals surface area contributed by atoms with Gasteiger partial charge in [0.15, 0.2) is 0 Å². The number of alkyl halides is 6. The molecule has 0 aliphatic carbocycles. The second-order valence-electron chi connectivity index (χ2n) is 5.78. The van der Waals surface area contributed by atoms with Gasteiger partial charge in [-0.2, -0.15) is 26.3 Å². The van der Waals surface area contributed by atoms with Gasteiger partial charge in [-0.15, -0.1) is 0 Å². The Bertz CT molecular complexity index is 639. The molecule has 1 aromatic rings. The van der Waals surface area contributed by atoms with Gasteiger partial charge in [0, 0.05) is 18.8 Å². The van der Waals surface area contributed by atoms with E-state index in [0.29, 0.717) is 25.2 Å². The van der Waals surface area contributed by atoms with Crippen LogP contribution >= 0.6 is 0 Å². The molecule has 0 saturated carbocycles. The lowest BCUT2D eigenvalue weighted by molar-refractivity contribution is -0.143. The van der Waals surface area contributed by atoms with Crippen molar-refractivity contribution in [1.82, 2.24) is 5.32 Å². The number of ether oxygens (including phenoxy) is 1. The van der Waals surface area contributed by atoms with E-state index in [0.717, 1.165) is 0 Å². The molecule has 11 heteroatoms. The molecule has 0 heterocycles. The molecule has 2 N–H and O–H groups in total. The lowest BCUT2D eigenvalue weighted by Crippen LogP contribution is -2.36. The average molecular weight is 400 g/mol. The molecule has 0 fully saturated rings. The molecule has 0 unspecified atom stereocenters. The molecule has 0 aliphatic rings. The number of halogens is 6. The summed E-state index contributed by atoms with van der Waals surface area (Å²) in [5.41, 5.74) is -3.99. The van der Waals surface area contributed by atoms with E-state index in [2.05, 4.69) is 5.32 Å². The number of hydrogen-bond donors (Lipinski definition) is 2. The van der Waals surface area contributed by atoms with Crippen LogP contribution in [-0.2, 0) is 26.7 Å². The summed E-state index contributed by atoms with van der Waals surface area (Å²) in [7, 11) is 0. The summed E-state index contributed by atoms with van der Waals surface area (Å²) in [5.74, 6) is -2.57. The Morgan fingerprint density at radius 2 is 1.48 bits per heavy atom. The van der Waals surface area contributed by atoms with Gasteiger partial charge in [0.25, 0.3) is 0 Å². The minimum absolute atomic E-state index is 0.0206. The fourth-order valence-electron chi connectivity index (χ4n) is 1.89. The van der Waals surface area contributed by atoms with Crippen molar-refractivity contribution in [3.63, 3.8) is 0 Å². The smallest absolute Gasteiger partial charge is 0.379 e. The Kier molecular flexibility index (Phi) is 7.64. The van der Waals surface area contributed by atoms with Crippen molar-refractivity contribution in [1.29, 1.82) is 0 Å². The Hall–Kier alpha value is -2.30. The molecule has 152 valence electrons. The van der Waals surface area contributed by atoms with Crippen LogP contribution in [0, 0.1) is 0 Å². The van der Waals surface area contributed by atoms with Gasteiger partial charge in [-0.3, -0.25) is 9.59 Å². The average Bonchev–Trinajstić information content (AvgIpc) is 2.52. The van der Waals surface area contributed by atoms with Crippen molar-refractivity contribution in [2.75, 3.05) is 18.5 Å². The van der Waals surface area contributed by atoms with E-state index in [1.165, 1.54) is 0 Å². The fraction of sp³-hybridized carbons (Fsp3) is 0.500. The third-order valence-corrected chi connectivity index (χ3v) is 3.11. The second-order valence-corrected chi connectivity index (χ2v) is 5.78. The molecule has 1 rings (SSSR count). The summed E-state index contributed by atoms with van der Waals surface area (Å²) in [6, 6.07) is 0.554. The highest BCUT2D eigenvalue weighted by Crippen LogP contribution is 2.37. The van der Waals surface area contributed by atoms with Crippen LogP contribution in [0.2, 0.25) is 0 Å². The van der Waals surface area contributed by atoms with Gasteiger partial charge in [-0.1, -0.05) is 0 Å². The molecule has 2 amide bonds. The number of hydrogen-bond acceptors (Lipinski definition) is 3. The lowest BCUT2D eigenvalue weighted by atomic mass is 10.1. The van der Waals surface area contributed by atoms with Gasteiger partial charge < -0.3 is 15.4 Å². The van der Waals surface area contributed by atoms with Gasteiger partial charge in [0.2, 0.25) is 0 Å². The number of nitrogens with one attached hydrogen (secondary N) is 2. The summed E-state index contributed by atoms with van der Waals surface area (Å²) < 4.78 is 81.7. The second kappa shape index (κ2) is 9.07. The SMILES string of the molecule is CC(C)OCCCNC(=O)C(=O)Nc1cc(C(F)(F)F)cc(C(F)(F)F)c1. The number of benzene rings is 1. The third kappa shape index (κ3) is 7.85. The molecule has 0 bridgehead atoms. The Morgan fingerprint density at radius 3 is 1.93 bits per heavy atom. The zero-order valence-corrected chi connectivity index (χ0v) is 14.4. The molecule has 0 aliphatic heterocycles. The van der Waals surface area contributed by atoms with Crippen LogP contribution in [-0.4, -0.2) is 31.1 Å². The largest absolute Gasteiger partial charge is 0.416 e. The van der Waals surface area contributed by atoms with Gasteiger partial charge >= 0.3 is 24.2 Å². The Morgan fingerprint density at radius 1 is 0.963 bits per heavy atom. The number of amides is 2. The summed E-state index contributed by atoms with van der Waals surface area (Å²) in [6.45, 7) is 3.96. The predicted molar refractivity (Wildman–Crippen MR) is 83.8 cm³/mol. The first-order valence-electron chi connectivity index (χ1n) is 7.81. The molecular formula is C16H18F6N2O3. The summed E-state index contributed by atoms with van der Waals surface area (Å²) in [4.78, 5) is 23.3. The van der Waals surface area contributed by atoms with Crippen molar-refractivity contribution in [2.45, 2.75) is 38.7 Å². The highest BCUT2D eigenvalue weighted by atomic mass is 19.4. The molecule has 1 aromatic carbocycles. The zero-order valence-electron chi connectivity index (χ0n) is 14.4. The number of anilines is 1. The van der Waals surface area contributed by atoms with Crippen molar-refractivity contribution < 1.29 is 40.7 Å². The van der Waals surface area contributed by atoms with Gasteiger partial charge in [0.05, 0.1) is 17.2 Å². The van der Waals surface area contributed by atoms with Crippen LogP contribution in [0.1, 0.15) is 31.4 Å². The molecular weight excluding hydrogens is 382 g/mol. The molecule has 27 heavy (non-hydrogen) atoms. The van der Waals surface area contributed by atoms with Crippen molar-refractivity contribution in [3.05, 3.63) is 29.3 Å². The van der Waals surface area contributed by atoms with Gasteiger partial charge in [0.1, 0.15) is 0 Å². The molecule has 5 nitrogen and oxygen atoms in total. The van der Waals surface area contributed by atoms with E-state index < -0.39 is 41.0 Å². The van der Waals surface area contributed by atoms with E-state index in [1.807, 2.05) is 0 Å². The number of rotatable bonds is 6. The maximum absolute atomic E-state index is 12.8. The summed E-state index contributed by atoms with van der Waals surface area (Å²) in [6.07, 6.45) is -9.76. The highest BCUT2D eigenvalue weighted by molar-refractivity contribution is 6.39. The lowest BCUT2D eigenvalue weighted by Gasteiger charge is -2.14. The normalized spacial score (nSPS) is 12.2. The van der Waals surface area contributed by atoms with E-state index in [-0.39, 0.29) is 18.7 Å². The minimum Gasteiger partial charge on any atom is -0.379 e. The highest BCUT2D eigenvalue weighted by Gasteiger charge is 2.37. The third-order valence-electron chi connectivity index (χ3n) is 3.11. The summed E-state index contributed by atoms with van der Waals surface area (Å²) in [5, 5.41) is 3.93. The van der Waals surface area contributed by atoms with Crippen LogP contribution in [0.15, 0.2) is 18.2 Å². The maximum atomic E-state index is 12.8. The first kappa shape index (κ1) is 22.7. The van der Waals surface area contributed by atoms with E-state index in [4.69, 9.17) is 4.74 Å². The minimum atomic E-state index is -5.06. The van der Waals surface area contributed by atoms with E-state index in [9.17, 15) is 35.9 Å². The first-order valence-corrected chi connectivity index (χ1v) is 7.81. The van der Waals surface area contributed by atoms with E-state index >= 15 is 0 Å². The van der Waals surface area contributed by atoms with Crippen molar-refractivity contribution >= 4 is 17.5 Å². The van der Waals surface area contributed by atoms with E-state index in [1.54, 1.807) is 19.2 Å². The van der Waals surface area contributed by atoms with Gasteiger partial charge in [-0.05, 0) is 38.5 Å². The fourth-order valence-corrected chi connectivity index (χ4v) is 1.89. The maximum Gasteiger partial charge on any atom is 0.416 e. The molecule has 0 saturated heterocycles. The quantitative estimate of drug-likeness (QED) is 0.436. The first-order chi connectivity index (χ1) is 12.3. The molecule has 0 atom stereocenters. The zero-order chi connectivity index (χ0) is 20.8. The monoisotopic (exact) mass is 400 g/mol.